The molecule has 3 rings (SSSR count). The number of H-pyrrole nitrogens is 1. The molecule has 1 aliphatic rings. The first kappa shape index (κ1) is 8.59. The summed E-state index contributed by atoms with van der Waals surface area (Å²) < 4.78 is 0. The van der Waals surface area contributed by atoms with Crippen molar-refractivity contribution in [3.05, 3.63) is 29.8 Å². The molecule has 4 heteroatoms. The van der Waals surface area contributed by atoms with Gasteiger partial charge in [0.2, 0.25) is 0 Å². The Bertz CT molecular complexity index is 485. The molecular weight excluding hydrogens is 188 g/mol. The zero-order chi connectivity index (χ0) is 10.3. The van der Waals surface area contributed by atoms with E-state index in [9.17, 15) is 0 Å². The van der Waals surface area contributed by atoms with Crippen LogP contribution in [-0.4, -0.2) is 20.2 Å². The number of pyridine rings is 1. The van der Waals surface area contributed by atoms with Gasteiger partial charge in [-0.1, -0.05) is 0 Å². The van der Waals surface area contributed by atoms with Crippen molar-refractivity contribution in [3.8, 4) is 11.4 Å². The van der Waals surface area contributed by atoms with Crippen molar-refractivity contribution in [1.82, 2.24) is 20.2 Å². The fourth-order valence-corrected chi connectivity index (χ4v) is 1.65. The number of nitrogens with one attached hydrogen (secondary N) is 1. The van der Waals surface area contributed by atoms with E-state index in [-0.39, 0.29) is 0 Å². The molecule has 1 aliphatic carbocycles. The van der Waals surface area contributed by atoms with Crippen LogP contribution in [0, 0.1) is 6.92 Å². The van der Waals surface area contributed by atoms with E-state index in [4.69, 9.17) is 0 Å². The van der Waals surface area contributed by atoms with Crippen LogP contribution in [0.2, 0.25) is 0 Å². The standard InChI is InChI=1S/C11H12N4/c1-7-9(3-2-6-12-7)11-13-10(14-15-11)8-4-5-8/h2-3,6,8H,4-5H2,1H3,(H,13,14,15). The van der Waals surface area contributed by atoms with Crippen molar-refractivity contribution in [2.75, 3.05) is 0 Å². The van der Waals surface area contributed by atoms with Crippen LogP contribution in [0.5, 0.6) is 0 Å². The molecule has 2 aromatic heterocycles. The molecule has 0 aromatic carbocycles. The second kappa shape index (κ2) is 3.15. The molecule has 0 unspecified atom stereocenters. The molecule has 4 nitrogen and oxygen atoms in total. The molecule has 2 aromatic rings. The van der Waals surface area contributed by atoms with E-state index < -0.39 is 0 Å². The Kier molecular flexibility index (Phi) is 1.80. The van der Waals surface area contributed by atoms with Crippen molar-refractivity contribution in [3.63, 3.8) is 0 Å². The summed E-state index contributed by atoms with van der Waals surface area (Å²) in [7, 11) is 0. The van der Waals surface area contributed by atoms with Gasteiger partial charge in [0.25, 0.3) is 0 Å². The number of rotatable bonds is 2. The van der Waals surface area contributed by atoms with Crippen LogP contribution in [0.4, 0.5) is 0 Å². The minimum atomic E-state index is 0.614. The first-order chi connectivity index (χ1) is 7.34. The van der Waals surface area contributed by atoms with E-state index in [1.807, 2.05) is 19.1 Å². The van der Waals surface area contributed by atoms with Gasteiger partial charge < -0.3 is 0 Å². The topological polar surface area (TPSA) is 54.5 Å². The van der Waals surface area contributed by atoms with Crippen molar-refractivity contribution in [2.45, 2.75) is 25.7 Å². The average molecular weight is 200 g/mol. The van der Waals surface area contributed by atoms with Gasteiger partial charge in [0.1, 0.15) is 5.82 Å². The van der Waals surface area contributed by atoms with Gasteiger partial charge in [-0.2, -0.15) is 5.10 Å². The molecule has 2 heterocycles. The Morgan fingerprint density at radius 1 is 1.40 bits per heavy atom. The smallest absolute Gasteiger partial charge is 0.182 e. The first-order valence-electron chi connectivity index (χ1n) is 5.19. The minimum Gasteiger partial charge on any atom is -0.262 e. The van der Waals surface area contributed by atoms with Gasteiger partial charge in [-0.25, -0.2) is 4.98 Å². The van der Waals surface area contributed by atoms with Crippen LogP contribution in [0.1, 0.15) is 30.3 Å². The Labute approximate surface area is 87.8 Å². The minimum absolute atomic E-state index is 0.614. The van der Waals surface area contributed by atoms with Crippen molar-refractivity contribution < 1.29 is 0 Å². The van der Waals surface area contributed by atoms with Crippen molar-refractivity contribution >= 4 is 0 Å². The predicted molar refractivity (Wildman–Crippen MR) is 56.3 cm³/mol. The highest BCUT2D eigenvalue weighted by molar-refractivity contribution is 5.57. The monoisotopic (exact) mass is 200 g/mol. The Hall–Kier alpha value is -1.71. The largest absolute Gasteiger partial charge is 0.262 e. The third kappa shape index (κ3) is 1.52. The quantitative estimate of drug-likeness (QED) is 0.807. The molecule has 1 saturated carbocycles. The molecule has 0 saturated heterocycles. The molecule has 1 fully saturated rings. The van der Waals surface area contributed by atoms with Gasteiger partial charge in [-0.3, -0.25) is 10.1 Å². The highest BCUT2D eigenvalue weighted by Gasteiger charge is 2.27. The first-order valence-corrected chi connectivity index (χ1v) is 5.19. The van der Waals surface area contributed by atoms with E-state index in [2.05, 4.69) is 20.2 Å². The van der Waals surface area contributed by atoms with Gasteiger partial charge in [-0.15, -0.1) is 0 Å². The summed E-state index contributed by atoms with van der Waals surface area (Å²) in [6, 6.07) is 3.91. The van der Waals surface area contributed by atoms with Crippen LogP contribution >= 0.6 is 0 Å². The maximum absolute atomic E-state index is 4.50. The van der Waals surface area contributed by atoms with Crippen LogP contribution in [0.25, 0.3) is 11.4 Å². The van der Waals surface area contributed by atoms with Crippen molar-refractivity contribution in [2.24, 2.45) is 0 Å². The van der Waals surface area contributed by atoms with Gasteiger partial charge in [0.05, 0.1) is 0 Å². The highest BCUT2D eigenvalue weighted by Crippen LogP contribution is 2.38. The van der Waals surface area contributed by atoms with Crippen LogP contribution < -0.4 is 0 Å². The molecule has 15 heavy (non-hydrogen) atoms. The van der Waals surface area contributed by atoms with Gasteiger partial charge >= 0.3 is 0 Å². The second-order valence-electron chi connectivity index (χ2n) is 3.95. The lowest BCUT2D eigenvalue weighted by Crippen LogP contribution is -1.88. The summed E-state index contributed by atoms with van der Waals surface area (Å²) in [6.45, 7) is 1.97. The number of aromatic nitrogens is 4. The number of nitrogens with zero attached hydrogens (tertiary/aromatic N) is 3. The normalized spacial score (nSPS) is 15.5. The number of hydrogen-bond donors (Lipinski definition) is 1. The maximum Gasteiger partial charge on any atom is 0.182 e. The van der Waals surface area contributed by atoms with E-state index in [0.717, 1.165) is 22.9 Å². The number of hydrogen-bond acceptors (Lipinski definition) is 3. The fraction of sp³-hybridized carbons (Fsp3) is 0.364. The summed E-state index contributed by atoms with van der Waals surface area (Å²) in [5.41, 5.74) is 1.99. The van der Waals surface area contributed by atoms with E-state index in [0.29, 0.717) is 5.92 Å². The summed E-state index contributed by atoms with van der Waals surface area (Å²) in [5.74, 6) is 2.40. The second-order valence-corrected chi connectivity index (χ2v) is 3.95. The lowest BCUT2D eigenvalue weighted by Gasteiger charge is -1.97. The predicted octanol–water partition coefficient (Wildman–Crippen LogP) is 2.05. The van der Waals surface area contributed by atoms with Crippen LogP contribution in [0.3, 0.4) is 0 Å². The zero-order valence-corrected chi connectivity index (χ0v) is 8.57. The summed E-state index contributed by atoms with van der Waals surface area (Å²) in [4.78, 5) is 8.73. The summed E-state index contributed by atoms with van der Waals surface area (Å²) in [6.07, 6.45) is 4.26. The van der Waals surface area contributed by atoms with Crippen molar-refractivity contribution in [1.29, 1.82) is 0 Å². The molecule has 76 valence electrons. The Morgan fingerprint density at radius 2 is 2.27 bits per heavy atom. The van der Waals surface area contributed by atoms with E-state index >= 15 is 0 Å². The fourth-order valence-electron chi connectivity index (χ4n) is 1.65. The van der Waals surface area contributed by atoms with Gasteiger partial charge in [0, 0.05) is 23.4 Å². The lowest BCUT2D eigenvalue weighted by molar-refractivity contribution is 0.935. The number of aryl methyl sites for hydroxylation is 1. The van der Waals surface area contributed by atoms with Crippen LogP contribution in [0.15, 0.2) is 18.3 Å². The lowest BCUT2D eigenvalue weighted by atomic mass is 10.2. The van der Waals surface area contributed by atoms with E-state index in [1.165, 1.54) is 12.8 Å². The van der Waals surface area contributed by atoms with E-state index in [1.54, 1.807) is 6.20 Å². The third-order valence-corrected chi connectivity index (χ3v) is 2.71. The van der Waals surface area contributed by atoms with Gasteiger partial charge in [-0.05, 0) is 31.9 Å². The molecule has 0 amide bonds. The molecule has 0 atom stereocenters. The maximum atomic E-state index is 4.50. The third-order valence-electron chi connectivity index (χ3n) is 2.71. The number of aromatic amines is 1. The van der Waals surface area contributed by atoms with Crippen LogP contribution in [-0.2, 0) is 0 Å². The molecule has 0 aliphatic heterocycles. The molecule has 0 spiro atoms. The molecule has 0 bridgehead atoms. The Balaban J connectivity index is 2.01. The molecule has 1 N–H and O–H groups in total. The molecular formula is C11H12N4. The zero-order valence-electron chi connectivity index (χ0n) is 8.57. The Morgan fingerprint density at radius 3 is 3.00 bits per heavy atom. The SMILES string of the molecule is Cc1ncccc1-c1n[nH]c(C2CC2)n1. The summed E-state index contributed by atoms with van der Waals surface area (Å²) >= 11 is 0. The highest BCUT2D eigenvalue weighted by atomic mass is 15.2. The molecule has 0 radical (unpaired) electrons. The average Bonchev–Trinajstić information content (AvgIpc) is 2.99. The summed E-state index contributed by atoms with van der Waals surface area (Å²) in [5, 5.41) is 7.24. The van der Waals surface area contributed by atoms with Gasteiger partial charge in [0.15, 0.2) is 5.82 Å².